The fourth-order valence-corrected chi connectivity index (χ4v) is 5.04. The van der Waals surface area contributed by atoms with E-state index in [-0.39, 0.29) is 23.8 Å². The number of carbonyl (C=O) groups is 2. The van der Waals surface area contributed by atoms with Crippen LogP contribution >= 0.6 is 0 Å². The van der Waals surface area contributed by atoms with Gasteiger partial charge in [-0.1, -0.05) is 43.9 Å². The minimum absolute atomic E-state index is 0.0751. The Morgan fingerprint density at radius 1 is 1.12 bits per heavy atom. The van der Waals surface area contributed by atoms with Gasteiger partial charge in [0.25, 0.3) is 11.5 Å². The van der Waals surface area contributed by atoms with Crippen LogP contribution in [0.5, 0.6) is 5.75 Å². The van der Waals surface area contributed by atoms with Crippen molar-refractivity contribution >= 4 is 25.0 Å². The highest BCUT2D eigenvalue weighted by Crippen LogP contribution is 2.26. The first-order valence-electron chi connectivity index (χ1n) is 10.4. The molecule has 0 saturated heterocycles. The molecule has 1 aromatic heterocycles. The van der Waals surface area contributed by atoms with Gasteiger partial charge in [-0.05, 0) is 34.5 Å². The predicted molar refractivity (Wildman–Crippen MR) is 125 cm³/mol. The molecule has 0 saturated carbocycles. The normalized spacial score (nSPS) is 12.3. The van der Waals surface area contributed by atoms with Crippen LogP contribution in [0.25, 0.3) is 0 Å². The number of carbonyl (C=O) groups excluding carboxylic acids is 2. The second-order valence-corrected chi connectivity index (χ2v) is 13.9. The van der Waals surface area contributed by atoms with E-state index in [2.05, 4.69) is 24.8 Å². The Morgan fingerprint density at radius 3 is 2.30 bits per heavy atom. The number of H-pyrrole nitrogens is 1. The number of aromatic amines is 1. The molecule has 0 radical (unpaired) electrons. The van der Waals surface area contributed by atoms with Gasteiger partial charge in [0.15, 0.2) is 5.78 Å². The molecule has 1 heterocycles. The van der Waals surface area contributed by atoms with E-state index in [0.717, 1.165) is 6.07 Å². The van der Waals surface area contributed by atoms with Crippen molar-refractivity contribution in [2.24, 2.45) is 0 Å². The summed E-state index contributed by atoms with van der Waals surface area (Å²) < 4.78 is 24.8. The number of hydrogen-bond donors (Lipinski definition) is 1. The van der Waals surface area contributed by atoms with E-state index < -0.39 is 25.6 Å². The highest BCUT2D eigenvalue weighted by Gasteiger charge is 2.31. The molecule has 9 heteroatoms. The van der Waals surface area contributed by atoms with Crippen molar-refractivity contribution in [3.8, 4) is 5.75 Å². The van der Waals surface area contributed by atoms with E-state index in [1.807, 2.05) is 0 Å². The summed E-state index contributed by atoms with van der Waals surface area (Å²) >= 11 is 0. The number of aromatic nitrogens is 1. The van der Waals surface area contributed by atoms with Crippen LogP contribution in [0.2, 0.25) is 19.6 Å². The summed E-state index contributed by atoms with van der Waals surface area (Å²) in [5.41, 5.74) is 0.512. The number of rotatable bonds is 8. The van der Waals surface area contributed by atoms with Gasteiger partial charge in [-0.3, -0.25) is 14.4 Å². The molecule has 0 fully saturated rings. The highest BCUT2D eigenvalue weighted by molar-refractivity contribution is 6.88. The summed E-state index contributed by atoms with van der Waals surface area (Å²) in [7, 11) is 1.13. The first-order chi connectivity index (χ1) is 15.5. The first-order valence-corrected chi connectivity index (χ1v) is 13.9. The molecular formula is C24H27FN2O5Si. The minimum Gasteiger partial charge on any atom is -0.497 e. The van der Waals surface area contributed by atoms with Crippen LogP contribution in [0.3, 0.4) is 0 Å². The second-order valence-electron chi connectivity index (χ2n) is 8.88. The third-order valence-corrected chi connectivity index (χ3v) is 7.42. The molecule has 1 unspecified atom stereocenters. The SMILES string of the molecule is COc1ccc(C(C(=O)Cc2ccc([Si](C)(C)C)c(F)c2)N(C)C(=O)c2cc(=O)[nH]o2)cc1. The van der Waals surface area contributed by atoms with Crippen molar-refractivity contribution in [2.75, 3.05) is 14.2 Å². The third-order valence-electron chi connectivity index (χ3n) is 5.40. The van der Waals surface area contributed by atoms with Crippen molar-refractivity contribution < 1.29 is 23.2 Å². The standard InChI is InChI=1S/C24H27FN2O5Si/c1-27(24(30)20-14-22(29)26-32-20)23(16-7-9-17(31-2)10-8-16)19(28)13-15-6-11-21(18(25)12-15)33(3,4)5/h6-12,14,23H,13H2,1-5H3,(H,26,29). The number of ether oxygens (including phenoxy) is 1. The largest absolute Gasteiger partial charge is 0.497 e. The van der Waals surface area contributed by atoms with Gasteiger partial charge in [-0.15, -0.1) is 0 Å². The van der Waals surface area contributed by atoms with Gasteiger partial charge in [0.2, 0.25) is 5.76 Å². The van der Waals surface area contributed by atoms with Gasteiger partial charge in [-0.25, -0.2) is 4.39 Å². The van der Waals surface area contributed by atoms with Crippen LogP contribution in [0.15, 0.2) is 57.8 Å². The van der Waals surface area contributed by atoms with Crippen LogP contribution in [-0.2, 0) is 11.2 Å². The van der Waals surface area contributed by atoms with E-state index in [0.29, 0.717) is 22.1 Å². The number of Topliss-reactive ketones (excluding diaryl/α,β-unsaturated/α-hetero) is 1. The Bertz CT molecular complexity index is 1210. The van der Waals surface area contributed by atoms with Crippen molar-refractivity contribution in [1.29, 1.82) is 0 Å². The number of hydrogen-bond acceptors (Lipinski definition) is 5. The summed E-state index contributed by atoms with van der Waals surface area (Å²) in [5, 5.41) is 2.77. The number of likely N-dealkylation sites (N-methyl/N-ethyl adjacent to an activating group) is 1. The van der Waals surface area contributed by atoms with Crippen molar-refractivity contribution in [3.05, 3.63) is 81.6 Å². The maximum absolute atomic E-state index is 14.7. The summed E-state index contributed by atoms with van der Waals surface area (Å²) in [6.07, 6.45) is -0.0751. The Labute approximate surface area is 192 Å². The molecule has 1 N–H and O–H groups in total. The molecule has 1 amide bonds. The van der Waals surface area contributed by atoms with E-state index in [1.165, 1.54) is 25.1 Å². The van der Waals surface area contributed by atoms with E-state index >= 15 is 0 Å². The molecule has 2 aromatic carbocycles. The Balaban J connectivity index is 1.94. The molecule has 7 nitrogen and oxygen atoms in total. The zero-order valence-electron chi connectivity index (χ0n) is 19.3. The predicted octanol–water partition coefficient (Wildman–Crippen LogP) is 3.29. The van der Waals surface area contributed by atoms with Crippen molar-refractivity contribution in [3.63, 3.8) is 0 Å². The fraction of sp³-hybridized carbons (Fsp3) is 0.292. The van der Waals surface area contributed by atoms with Gasteiger partial charge >= 0.3 is 0 Å². The van der Waals surface area contributed by atoms with E-state index in [9.17, 15) is 18.8 Å². The first kappa shape index (κ1) is 24.2. The summed E-state index contributed by atoms with van der Waals surface area (Å²) in [6, 6.07) is 11.7. The molecule has 33 heavy (non-hydrogen) atoms. The van der Waals surface area contributed by atoms with Crippen LogP contribution in [0.1, 0.15) is 27.7 Å². The van der Waals surface area contributed by atoms with Crippen molar-refractivity contribution in [1.82, 2.24) is 10.1 Å². The van der Waals surface area contributed by atoms with E-state index in [1.54, 1.807) is 36.4 Å². The number of nitrogens with one attached hydrogen (secondary N) is 1. The number of nitrogens with zero attached hydrogens (tertiary/aromatic N) is 1. The number of amides is 1. The van der Waals surface area contributed by atoms with Crippen molar-refractivity contribution in [2.45, 2.75) is 32.1 Å². The molecule has 174 valence electrons. The maximum atomic E-state index is 14.7. The minimum atomic E-state index is -1.86. The number of ketones is 1. The monoisotopic (exact) mass is 470 g/mol. The Morgan fingerprint density at radius 2 is 1.79 bits per heavy atom. The molecule has 0 spiro atoms. The number of methoxy groups -OCH3 is 1. The lowest BCUT2D eigenvalue weighted by Crippen LogP contribution is -2.40. The molecule has 3 aromatic rings. The zero-order valence-corrected chi connectivity index (χ0v) is 20.3. The lowest BCUT2D eigenvalue weighted by atomic mass is 9.96. The quantitative estimate of drug-likeness (QED) is 0.510. The van der Waals surface area contributed by atoms with Gasteiger partial charge in [0.05, 0.1) is 21.3 Å². The smallest absolute Gasteiger partial charge is 0.293 e. The molecule has 0 aliphatic carbocycles. The molecular weight excluding hydrogens is 443 g/mol. The molecule has 0 aliphatic heterocycles. The molecule has 0 bridgehead atoms. The average Bonchev–Trinajstić information content (AvgIpc) is 3.19. The molecule has 1 atom stereocenters. The second kappa shape index (κ2) is 9.58. The average molecular weight is 471 g/mol. The summed E-state index contributed by atoms with van der Waals surface area (Å²) in [4.78, 5) is 38.9. The zero-order chi connectivity index (χ0) is 24.3. The van der Waals surface area contributed by atoms with Gasteiger partial charge in [0.1, 0.15) is 17.6 Å². The van der Waals surface area contributed by atoms with Gasteiger partial charge in [-0.2, -0.15) is 5.16 Å². The maximum Gasteiger partial charge on any atom is 0.293 e. The number of halogens is 1. The Hall–Kier alpha value is -3.46. The van der Waals surface area contributed by atoms with Crippen LogP contribution in [-0.4, -0.2) is 44.0 Å². The fourth-order valence-electron chi connectivity index (χ4n) is 3.67. The summed E-state index contributed by atoms with van der Waals surface area (Å²) in [5.74, 6) is -0.880. The van der Waals surface area contributed by atoms with Crippen LogP contribution < -0.4 is 15.5 Å². The summed E-state index contributed by atoms with van der Waals surface area (Å²) in [6.45, 7) is 6.15. The van der Waals surface area contributed by atoms with Crippen LogP contribution in [0, 0.1) is 5.82 Å². The lowest BCUT2D eigenvalue weighted by molar-refractivity contribution is -0.122. The van der Waals surface area contributed by atoms with Crippen LogP contribution in [0.4, 0.5) is 4.39 Å². The van der Waals surface area contributed by atoms with Gasteiger partial charge < -0.3 is 14.2 Å². The Kier molecular flexibility index (Phi) is 7.02. The highest BCUT2D eigenvalue weighted by atomic mass is 28.3. The topological polar surface area (TPSA) is 92.6 Å². The molecule has 3 rings (SSSR count). The lowest BCUT2D eigenvalue weighted by Gasteiger charge is -2.27. The number of benzene rings is 2. The molecule has 0 aliphatic rings. The van der Waals surface area contributed by atoms with E-state index in [4.69, 9.17) is 9.26 Å². The third kappa shape index (κ3) is 5.48. The van der Waals surface area contributed by atoms with Gasteiger partial charge in [0, 0.05) is 13.5 Å².